The van der Waals surface area contributed by atoms with Crippen LogP contribution in [0.2, 0.25) is 0 Å². The Morgan fingerprint density at radius 2 is 1.86 bits per heavy atom. The molecule has 0 aromatic heterocycles. The molecule has 0 saturated carbocycles. The zero-order valence-corrected chi connectivity index (χ0v) is 12.5. The fourth-order valence-corrected chi connectivity index (χ4v) is 2.92. The third-order valence-corrected chi connectivity index (χ3v) is 4.28. The summed E-state index contributed by atoms with van der Waals surface area (Å²) in [6.07, 6.45) is 2.35. The van der Waals surface area contributed by atoms with Crippen molar-refractivity contribution in [2.75, 3.05) is 13.1 Å². The van der Waals surface area contributed by atoms with Gasteiger partial charge in [-0.15, -0.1) is 0 Å². The quantitative estimate of drug-likeness (QED) is 0.906. The van der Waals surface area contributed by atoms with Gasteiger partial charge in [0.2, 0.25) is 5.91 Å². The molecule has 1 unspecified atom stereocenters. The molecule has 0 bridgehead atoms. The van der Waals surface area contributed by atoms with Crippen LogP contribution in [0.5, 0.6) is 0 Å². The molecule has 21 heavy (non-hydrogen) atoms. The molecular weight excluding hydrogens is 266 g/mol. The molecule has 1 aromatic carbocycles. The maximum Gasteiger partial charge on any atom is 0.303 e. The molecule has 1 fully saturated rings. The number of benzene rings is 1. The molecule has 1 amide bonds. The summed E-state index contributed by atoms with van der Waals surface area (Å²) in [6.45, 7) is 3.46. The number of carbonyl (C=O) groups is 2. The van der Waals surface area contributed by atoms with Crippen LogP contribution >= 0.6 is 0 Å². The van der Waals surface area contributed by atoms with Crippen LogP contribution in [0.3, 0.4) is 0 Å². The lowest BCUT2D eigenvalue weighted by atomic mass is 9.92. The van der Waals surface area contributed by atoms with Crippen molar-refractivity contribution in [1.82, 2.24) is 4.90 Å². The van der Waals surface area contributed by atoms with Crippen molar-refractivity contribution < 1.29 is 14.7 Å². The molecule has 0 aliphatic carbocycles. The molecule has 2 rings (SSSR count). The summed E-state index contributed by atoms with van der Waals surface area (Å²) in [5.74, 6) is -0.119. The predicted octanol–water partition coefficient (Wildman–Crippen LogP) is 2.89. The van der Waals surface area contributed by atoms with E-state index in [0.29, 0.717) is 19.5 Å². The highest BCUT2D eigenvalue weighted by molar-refractivity contribution is 5.77. The molecule has 1 aromatic rings. The summed E-state index contributed by atoms with van der Waals surface area (Å²) in [7, 11) is 0. The van der Waals surface area contributed by atoms with Gasteiger partial charge in [-0.2, -0.15) is 0 Å². The van der Waals surface area contributed by atoms with Gasteiger partial charge in [0.15, 0.2) is 0 Å². The van der Waals surface area contributed by atoms with E-state index in [1.54, 1.807) is 0 Å². The van der Waals surface area contributed by atoms with Crippen LogP contribution < -0.4 is 0 Å². The van der Waals surface area contributed by atoms with E-state index < -0.39 is 5.97 Å². The third-order valence-electron chi connectivity index (χ3n) is 4.28. The van der Waals surface area contributed by atoms with Crippen LogP contribution in [-0.2, 0) is 9.59 Å². The number of hydrogen-bond acceptors (Lipinski definition) is 2. The van der Waals surface area contributed by atoms with Crippen LogP contribution in [0.15, 0.2) is 30.3 Å². The van der Waals surface area contributed by atoms with Crippen LogP contribution in [0.25, 0.3) is 0 Å². The summed E-state index contributed by atoms with van der Waals surface area (Å²) in [5.41, 5.74) is 1.19. The molecule has 0 spiro atoms. The minimum Gasteiger partial charge on any atom is -0.481 e. The highest BCUT2D eigenvalue weighted by Gasteiger charge is 2.25. The summed E-state index contributed by atoms with van der Waals surface area (Å²) in [4.78, 5) is 24.9. The van der Waals surface area contributed by atoms with E-state index in [9.17, 15) is 9.59 Å². The van der Waals surface area contributed by atoms with Crippen molar-refractivity contribution in [3.05, 3.63) is 35.9 Å². The first-order valence-corrected chi connectivity index (χ1v) is 7.60. The third kappa shape index (κ3) is 4.59. The van der Waals surface area contributed by atoms with Gasteiger partial charge in [-0.05, 0) is 30.2 Å². The number of carboxylic acids is 1. The second-order valence-electron chi connectivity index (χ2n) is 5.94. The fourth-order valence-electron chi connectivity index (χ4n) is 2.92. The van der Waals surface area contributed by atoms with E-state index in [4.69, 9.17) is 5.11 Å². The number of nitrogens with zero attached hydrogens (tertiary/aromatic N) is 1. The number of aliphatic carboxylic acids is 1. The largest absolute Gasteiger partial charge is 0.481 e. The van der Waals surface area contributed by atoms with E-state index >= 15 is 0 Å². The SMILES string of the molecule is CC(CC(=O)N1CCC(CC(=O)O)CC1)c1ccccc1. The number of piperidine rings is 1. The van der Waals surface area contributed by atoms with E-state index in [1.165, 1.54) is 5.56 Å². The average Bonchev–Trinajstić information content (AvgIpc) is 2.48. The Morgan fingerprint density at radius 1 is 1.24 bits per heavy atom. The number of carbonyl (C=O) groups excluding carboxylic acids is 1. The second kappa shape index (κ2) is 7.25. The van der Waals surface area contributed by atoms with Gasteiger partial charge in [0.25, 0.3) is 0 Å². The van der Waals surface area contributed by atoms with Crippen molar-refractivity contribution >= 4 is 11.9 Å². The van der Waals surface area contributed by atoms with Gasteiger partial charge in [0, 0.05) is 25.9 Å². The number of likely N-dealkylation sites (tertiary alicyclic amines) is 1. The van der Waals surface area contributed by atoms with E-state index in [0.717, 1.165) is 12.8 Å². The maximum absolute atomic E-state index is 12.3. The monoisotopic (exact) mass is 289 g/mol. The van der Waals surface area contributed by atoms with Crippen LogP contribution in [0.1, 0.15) is 44.1 Å². The Bertz CT molecular complexity index is 478. The molecule has 4 heteroatoms. The van der Waals surface area contributed by atoms with Gasteiger partial charge in [0.1, 0.15) is 0 Å². The zero-order valence-electron chi connectivity index (χ0n) is 12.5. The Hall–Kier alpha value is -1.84. The minimum atomic E-state index is -0.738. The lowest BCUT2D eigenvalue weighted by Crippen LogP contribution is -2.39. The normalized spacial score (nSPS) is 17.5. The molecule has 114 valence electrons. The first-order valence-electron chi connectivity index (χ1n) is 7.60. The topological polar surface area (TPSA) is 57.6 Å². The van der Waals surface area contributed by atoms with Crippen molar-refractivity contribution in [2.45, 2.75) is 38.5 Å². The summed E-state index contributed by atoms with van der Waals surface area (Å²) >= 11 is 0. The molecule has 1 aliphatic rings. The van der Waals surface area contributed by atoms with Crippen molar-refractivity contribution in [1.29, 1.82) is 0 Å². The molecule has 1 saturated heterocycles. The number of hydrogen-bond donors (Lipinski definition) is 1. The molecule has 0 radical (unpaired) electrons. The molecule has 1 N–H and O–H groups in total. The second-order valence-corrected chi connectivity index (χ2v) is 5.94. The van der Waals surface area contributed by atoms with Gasteiger partial charge in [-0.25, -0.2) is 0 Å². The van der Waals surface area contributed by atoms with Crippen molar-refractivity contribution in [3.63, 3.8) is 0 Å². The molecule has 1 aliphatic heterocycles. The first-order chi connectivity index (χ1) is 10.1. The molecular formula is C17H23NO3. The van der Waals surface area contributed by atoms with Crippen molar-refractivity contribution in [3.8, 4) is 0 Å². The lowest BCUT2D eigenvalue weighted by Gasteiger charge is -2.32. The van der Waals surface area contributed by atoms with Gasteiger partial charge in [-0.3, -0.25) is 9.59 Å². The van der Waals surface area contributed by atoms with Gasteiger partial charge < -0.3 is 10.0 Å². The van der Waals surface area contributed by atoms with E-state index in [2.05, 4.69) is 19.1 Å². The van der Waals surface area contributed by atoms with Crippen LogP contribution in [0.4, 0.5) is 0 Å². The summed E-state index contributed by atoms with van der Waals surface area (Å²) in [5, 5.41) is 8.81. The average molecular weight is 289 g/mol. The Morgan fingerprint density at radius 3 is 2.43 bits per heavy atom. The smallest absolute Gasteiger partial charge is 0.303 e. The fraction of sp³-hybridized carbons (Fsp3) is 0.529. The summed E-state index contributed by atoms with van der Waals surface area (Å²) in [6, 6.07) is 10.1. The molecule has 4 nitrogen and oxygen atoms in total. The van der Waals surface area contributed by atoms with E-state index in [1.807, 2.05) is 23.1 Å². The summed E-state index contributed by atoms with van der Waals surface area (Å²) < 4.78 is 0. The Balaban J connectivity index is 1.81. The van der Waals surface area contributed by atoms with E-state index in [-0.39, 0.29) is 24.2 Å². The van der Waals surface area contributed by atoms with Crippen LogP contribution in [0, 0.1) is 5.92 Å². The minimum absolute atomic E-state index is 0.181. The van der Waals surface area contributed by atoms with Crippen molar-refractivity contribution in [2.24, 2.45) is 5.92 Å². The predicted molar refractivity (Wildman–Crippen MR) is 81.0 cm³/mol. The highest BCUT2D eigenvalue weighted by Crippen LogP contribution is 2.24. The lowest BCUT2D eigenvalue weighted by molar-refractivity contribution is -0.138. The number of carboxylic acid groups (broad SMARTS) is 1. The highest BCUT2D eigenvalue weighted by atomic mass is 16.4. The van der Waals surface area contributed by atoms with Gasteiger partial charge in [-0.1, -0.05) is 37.3 Å². The number of rotatable bonds is 5. The van der Waals surface area contributed by atoms with Crippen LogP contribution in [-0.4, -0.2) is 35.0 Å². The number of amides is 1. The zero-order chi connectivity index (χ0) is 15.2. The molecule has 1 heterocycles. The maximum atomic E-state index is 12.3. The molecule has 1 atom stereocenters. The first kappa shape index (κ1) is 15.5. The Labute approximate surface area is 125 Å². The Kier molecular flexibility index (Phi) is 5.37. The van der Waals surface area contributed by atoms with Gasteiger partial charge in [0.05, 0.1) is 0 Å². The van der Waals surface area contributed by atoms with Gasteiger partial charge >= 0.3 is 5.97 Å². The standard InChI is InChI=1S/C17H23NO3/c1-13(15-5-3-2-4-6-15)11-16(19)18-9-7-14(8-10-18)12-17(20)21/h2-6,13-14H,7-12H2,1H3,(H,20,21).